The molecular formula is C18H14F2N2O3. The average molecular weight is 344 g/mol. The fourth-order valence-electron chi connectivity index (χ4n) is 2.21. The van der Waals surface area contributed by atoms with Crippen LogP contribution in [0.15, 0.2) is 67.0 Å². The Hall–Kier alpha value is -3.22. The molecule has 0 saturated heterocycles. The van der Waals surface area contributed by atoms with Crippen LogP contribution < -0.4 is 4.74 Å². The molecule has 0 atom stereocenters. The third-order valence-corrected chi connectivity index (χ3v) is 3.39. The minimum Gasteiger partial charge on any atom is -0.457 e. The first-order valence-corrected chi connectivity index (χ1v) is 7.43. The molecule has 0 radical (unpaired) electrons. The largest absolute Gasteiger partial charge is 0.457 e. The van der Waals surface area contributed by atoms with E-state index in [0.29, 0.717) is 5.56 Å². The Morgan fingerprint density at radius 2 is 1.80 bits per heavy atom. The fraction of sp³-hybridized carbons (Fsp3) is 0.111. The minimum atomic E-state index is -2.94. The summed E-state index contributed by atoms with van der Waals surface area (Å²) in [6.07, 6.45) is 2.93. The van der Waals surface area contributed by atoms with Crippen LogP contribution in [0.4, 0.5) is 8.78 Å². The van der Waals surface area contributed by atoms with Gasteiger partial charge in [-0.25, -0.2) is 9.48 Å². The van der Waals surface area contributed by atoms with Gasteiger partial charge >= 0.3 is 12.6 Å². The number of benzene rings is 2. The van der Waals surface area contributed by atoms with E-state index in [9.17, 15) is 13.6 Å². The molecule has 5 nitrogen and oxygen atoms in total. The number of carbonyl (C=O) groups excluding carboxylic acids is 1. The second-order valence-electron chi connectivity index (χ2n) is 5.07. The Kier molecular flexibility index (Phi) is 5.03. The topological polar surface area (TPSA) is 53.4 Å². The monoisotopic (exact) mass is 344 g/mol. The maximum atomic E-state index is 12.4. The van der Waals surface area contributed by atoms with Crippen LogP contribution in [0.25, 0.3) is 5.69 Å². The number of aromatic nitrogens is 2. The lowest BCUT2D eigenvalue weighted by Gasteiger charge is -2.10. The summed E-state index contributed by atoms with van der Waals surface area (Å²) >= 11 is 0. The zero-order valence-electron chi connectivity index (χ0n) is 13.0. The van der Waals surface area contributed by atoms with Crippen LogP contribution in [0.1, 0.15) is 15.9 Å². The molecule has 7 heteroatoms. The number of esters is 1. The zero-order chi connectivity index (χ0) is 17.6. The normalized spacial score (nSPS) is 10.7. The van der Waals surface area contributed by atoms with Gasteiger partial charge in [-0.05, 0) is 18.2 Å². The summed E-state index contributed by atoms with van der Waals surface area (Å²) in [6, 6.07) is 15.4. The molecule has 3 aromatic rings. The van der Waals surface area contributed by atoms with Gasteiger partial charge in [0, 0.05) is 11.8 Å². The van der Waals surface area contributed by atoms with Gasteiger partial charge in [-0.3, -0.25) is 0 Å². The van der Waals surface area contributed by atoms with Crippen LogP contribution >= 0.6 is 0 Å². The minimum absolute atomic E-state index is 0.0229. The van der Waals surface area contributed by atoms with E-state index in [-0.39, 0.29) is 17.9 Å². The molecule has 0 spiro atoms. The number of para-hydroxylation sites is 2. The zero-order valence-corrected chi connectivity index (χ0v) is 13.0. The molecule has 0 bridgehead atoms. The van der Waals surface area contributed by atoms with E-state index in [1.54, 1.807) is 29.1 Å². The standard InChI is InChI=1S/C18H14F2N2O3/c19-18(20)25-16-9-5-4-6-13(16)12-24-17(23)14-10-21-22(11-14)15-7-2-1-3-8-15/h1-11,18H,12H2. The molecule has 1 aromatic heterocycles. The smallest absolute Gasteiger partial charge is 0.387 e. The molecule has 0 aliphatic carbocycles. The molecule has 0 saturated carbocycles. The van der Waals surface area contributed by atoms with E-state index in [0.717, 1.165) is 5.69 Å². The van der Waals surface area contributed by atoms with Crippen molar-refractivity contribution in [2.24, 2.45) is 0 Å². The van der Waals surface area contributed by atoms with E-state index in [4.69, 9.17) is 4.74 Å². The van der Waals surface area contributed by atoms with E-state index in [1.807, 2.05) is 30.3 Å². The van der Waals surface area contributed by atoms with Gasteiger partial charge < -0.3 is 9.47 Å². The third-order valence-electron chi connectivity index (χ3n) is 3.39. The fourth-order valence-corrected chi connectivity index (χ4v) is 2.21. The molecule has 0 amide bonds. The number of nitrogens with zero attached hydrogens (tertiary/aromatic N) is 2. The van der Waals surface area contributed by atoms with Crippen LogP contribution in [0.2, 0.25) is 0 Å². The van der Waals surface area contributed by atoms with Gasteiger partial charge in [-0.15, -0.1) is 0 Å². The first-order valence-electron chi connectivity index (χ1n) is 7.43. The third kappa shape index (κ3) is 4.20. The summed E-state index contributed by atoms with van der Waals surface area (Å²) in [5.74, 6) is -0.626. The highest BCUT2D eigenvalue weighted by atomic mass is 19.3. The summed E-state index contributed by atoms with van der Waals surface area (Å²) in [5, 5.41) is 4.11. The molecular weight excluding hydrogens is 330 g/mol. The van der Waals surface area contributed by atoms with Gasteiger partial charge in [0.15, 0.2) is 0 Å². The SMILES string of the molecule is O=C(OCc1ccccc1OC(F)F)c1cnn(-c2ccccc2)c1. The Balaban J connectivity index is 1.67. The maximum absolute atomic E-state index is 12.4. The molecule has 0 unspecified atom stereocenters. The first-order chi connectivity index (χ1) is 12.1. The Morgan fingerprint density at radius 1 is 1.08 bits per heavy atom. The van der Waals surface area contributed by atoms with Crippen molar-refractivity contribution in [3.63, 3.8) is 0 Å². The molecule has 0 aliphatic rings. The van der Waals surface area contributed by atoms with E-state index in [2.05, 4.69) is 9.84 Å². The van der Waals surface area contributed by atoms with Crippen molar-refractivity contribution in [1.82, 2.24) is 9.78 Å². The van der Waals surface area contributed by atoms with Crippen LogP contribution in [0, 0.1) is 0 Å². The van der Waals surface area contributed by atoms with Crippen molar-refractivity contribution >= 4 is 5.97 Å². The van der Waals surface area contributed by atoms with Crippen LogP contribution in [0.3, 0.4) is 0 Å². The average Bonchev–Trinajstić information content (AvgIpc) is 3.11. The van der Waals surface area contributed by atoms with Gasteiger partial charge in [-0.2, -0.15) is 13.9 Å². The van der Waals surface area contributed by atoms with Crippen molar-refractivity contribution in [3.05, 3.63) is 78.1 Å². The van der Waals surface area contributed by atoms with Crippen molar-refractivity contribution in [2.75, 3.05) is 0 Å². The molecule has 128 valence electrons. The second-order valence-corrected chi connectivity index (χ2v) is 5.07. The Bertz CT molecular complexity index is 850. The second kappa shape index (κ2) is 7.57. The maximum Gasteiger partial charge on any atom is 0.387 e. The molecule has 3 rings (SSSR count). The molecule has 1 heterocycles. The van der Waals surface area contributed by atoms with E-state index in [1.165, 1.54) is 12.3 Å². The number of ether oxygens (including phenoxy) is 2. The summed E-state index contributed by atoms with van der Waals surface area (Å²) < 4.78 is 35.9. The number of alkyl halides is 2. The van der Waals surface area contributed by atoms with Gasteiger partial charge in [0.05, 0.1) is 17.4 Å². The van der Waals surface area contributed by atoms with Gasteiger partial charge in [0.1, 0.15) is 12.4 Å². The quantitative estimate of drug-likeness (QED) is 0.638. The molecule has 0 aliphatic heterocycles. The van der Waals surface area contributed by atoms with Crippen LogP contribution in [-0.2, 0) is 11.3 Å². The van der Waals surface area contributed by atoms with Crippen molar-refractivity contribution in [3.8, 4) is 11.4 Å². The molecule has 0 N–H and O–H groups in total. The predicted octanol–water partition coefficient (Wildman–Crippen LogP) is 3.83. The number of carbonyl (C=O) groups is 1. The predicted molar refractivity (Wildman–Crippen MR) is 85.8 cm³/mol. The Labute approximate surface area is 142 Å². The highest BCUT2D eigenvalue weighted by Gasteiger charge is 2.14. The van der Waals surface area contributed by atoms with Gasteiger partial charge in [-0.1, -0.05) is 36.4 Å². The summed E-state index contributed by atoms with van der Waals surface area (Å²) in [5.41, 5.74) is 1.42. The molecule has 0 fully saturated rings. The van der Waals surface area contributed by atoms with E-state index < -0.39 is 12.6 Å². The lowest BCUT2D eigenvalue weighted by molar-refractivity contribution is -0.0510. The van der Waals surface area contributed by atoms with Gasteiger partial charge in [0.25, 0.3) is 0 Å². The number of hydrogen-bond donors (Lipinski definition) is 0. The van der Waals surface area contributed by atoms with E-state index >= 15 is 0 Å². The molecule has 2 aromatic carbocycles. The van der Waals surface area contributed by atoms with Gasteiger partial charge in [0.2, 0.25) is 0 Å². The van der Waals surface area contributed by atoms with Crippen molar-refractivity contribution < 1.29 is 23.0 Å². The lowest BCUT2D eigenvalue weighted by Crippen LogP contribution is -2.08. The highest BCUT2D eigenvalue weighted by molar-refractivity contribution is 5.88. The highest BCUT2D eigenvalue weighted by Crippen LogP contribution is 2.21. The van der Waals surface area contributed by atoms with Crippen LogP contribution in [0.5, 0.6) is 5.75 Å². The number of halogens is 2. The first kappa shape index (κ1) is 16.6. The summed E-state index contributed by atoms with van der Waals surface area (Å²) in [4.78, 5) is 12.1. The summed E-state index contributed by atoms with van der Waals surface area (Å²) in [6.45, 7) is -3.13. The summed E-state index contributed by atoms with van der Waals surface area (Å²) in [7, 11) is 0. The molecule has 25 heavy (non-hydrogen) atoms. The number of hydrogen-bond acceptors (Lipinski definition) is 4. The van der Waals surface area contributed by atoms with Crippen molar-refractivity contribution in [1.29, 1.82) is 0 Å². The van der Waals surface area contributed by atoms with Crippen LogP contribution in [-0.4, -0.2) is 22.4 Å². The Morgan fingerprint density at radius 3 is 2.56 bits per heavy atom. The van der Waals surface area contributed by atoms with Crippen molar-refractivity contribution in [2.45, 2.75) is 13.2 Å². The number of rotatable bonds is 6. The lowest BCUT2D eigenvalue weighted by atomic mass is 10.2.